The third-order valence-electron chi connectivity index (χ3n) is 3.34. The number of amides is 1. The first kappa shape index (κ1) is 13.5. The van der Waals surface area contributed by atoms with Crippen molar-refractivity contribution in [1.29, 1.82) is 0 Å². The Hall–Kier alpha value is -1.95. The van der Waals surface area contributed by atoms with Gasteiger partial charge in [0.1, 0.15) is 0 Å². The molecule has 102 valence electrons. The Labute approximate surface area is 111 Å². The Bertz CT molecular complexity index is 496. The predicted molar refractivity (Wildman–Crippen MR) is 71.2 cm³/mol. The molecule has 1 amide bonds. The number of hydrogen-bond donors (Lipinski definition) is 2. The first-order chi connectivity index (χ1) is 9.08. The minimum atomic E-state index is -0.461. The van der Waals surface area contributed by atoms with Crippen molar-refractivity contribution in [2.24, 2.45) is 0 Å². The van der Waals surface area contributed by atoms with Crippen LogP contribution in [0.25, 0.3) is 0 Å². The number of non-ortho nitro benzene ring substituents is 1. The van der Waals surface area contributed by atoms with E-state index in [-0.39, 0.29) is 11.6 Å². The molecule has 0 saturated carbocycles. The van der Waals surface area contributed by atoms with Gasteiger partial charge < -0.3 is 10.6 Å². The molecule has 0 radical (unpaired) electrons. The van der Waals surface area contributed by atoms with Crippen LogP contribution in [0.1, 0.15) is 28.8 Å². The van der Waals surface area contributed by atoms with Crippen LogP contribution in [0.4, 0.5) is 5.69 Å². The van der Waals surface area contributed by atoms with E-state index >= 15 is 0 Å². The van der Waals surface area contributed by atoms with Crippen molar-refractivity contribution in [3.63, 3.8) is 0 Å². The van der Waals surface area contributed by atoms with Crippen LogP contribution in [-0.2, 0) is 0 Å². The Balaban J connectivity index is 2.00. The fourth-order valence-electron chi connectivity index (χ4n) is 2.26. The van der Waals surface area contributed by atoms with Crippen LogP contribution >= 0.6 is 0 Å². The zero-order valence-electron chi connectivity index (χ0n) is 10.8. The van der Waals surface area contributed by atoms with Gasteiger partial charge in [0.2, 0.25) is 0 Å². The molecule has 1 aliphatic rings. The molecule has 6 heteroatoms. The summed E-state index contributed by atoms with van der Waals surface area (Å²) in [6.45, 7) is 3.29. The number of rotatable bonds is 4. The Morgan fingerprint density at radius 3 is 2.95 bits per heavy atom. The summed E-state index contributed by atoms with van der Waals surface area (Å²) in [6, 6.07) is 4.62. The van der Waals surface area contributed by atoms with Crippen LogP contribution in [0.3, 0.4) is 0 Å². The third-order valence-corrected chi connectivity index (χ3v) is 3.34. The number of aryl methyl sites for hydroxylation is 1. The second-order valence-electron chi connectivity index (χ2n) is 4.76. The molecule has 1 unspecified atom stereocenters. The van der Waals surface area contributed by atoms with Gasteiger partial charge >= 0.3 is 0 Å². The minimum absolute atomic E-state index is 0.00603. The standard InChI is InChI=1S/C13H17N3O3/c1-9-7-11(16(18)19)4-5-12(9)13(17)15-8-10-3-2-6-14-10/h4-5,7,10,14H,2-3,6,8H2,1H3,(H,15,17). The van der Waals surface area contributed by atoms with E-state index in [1.807, 2.05) is 0 Å². The zero-order valence-corrected chi connectivity index (χ0v) is 10.8. The van der Waals surface area contributed by atoms with Crippen LogP contribution < -0.4 is 10.6 Å². The van der Waals surface area contributed by atoms with Gasteiger partial charge in [0.25, 0.3) is 11.6 Å². The molecule has 1 heterocycles. The molecule has 1 aromatic carbocycles. The molecule has 0 bridgehead atoms. The molecule has 1 saturated heterocycles. The van der Waals surface area contributed by atoms with Gasteiger partial charge in [0, 0.05) is 30.3 Å². The van der Waals surface area contributed by atoms with Crippen LogP contribution in [0.2, 0.25) is 0 Å². The molecule has 2 N–H and O–H groups in total. The molecule has 1 aliphatic heterocycles. The van der Waals surface area contributed by atoms with Crippen molar-refractivity contribution in [1.82, 2.24) is 10.6 Å². The number of nitrogens with one attached hydrogen (secondary N) is 2. The maximum Gasteiger partial charge on any atom is 0.269 e. The van der Waals surface area contributed by atoms with Crippen molar-refractivity contribution >= 4 is 11.6 Å². The maximum atomic E-state index is 12.0. The van der Waals surface area contributed by atoms with Gasteiger partial charge in [0.05, 0.1) is 4.92 Å². The summed E-state index contributed by atoms with van der Waals surface area (Å²) in [5.41, 5.74) is 1.11. The van der Waals surface area contributed by atoms with E-state index in [1.54, 1.807) is 6.92 Å². The number of nitrogens with zero attached hydrogens (tertiary/aromatic N) is 1. The molecule has 1 aromatic rings. The van der Waals surface area contributed by atoms with E-state index in [9.17, 15) is 14.9 Å². The average molecular weight is 263 g/mol. The fourth-order valence-corrected chi connectivity index (χ4v) is 2.26. The molecule has 1 atom stereocenters. The molecule has 6 nitrogen and oxygen atoms in total. The van der Waals surface area contributed by atoms with Crippen LogP contribution in [0.5, 0.6) is 0 Å². The number of nitro benzene ring substituents is 1. The van der Waals surface area contributed by atoms with E-state index in [2.05, 4.69) is 10.6 Å². The average Bonchev–Trinajstić information content (AvgIpc) is 2.88. The summed E-state index contributed by atoms with van der Waals surface area (Å²) in [5, 5.41) is 16.8. The molecule has 1 fully saturated rings. The highest BCUT2D eigenvalue weighted by Crippen LogP contribution is 2.17. The van der Waals surface area contributed by atoms with Gasteiger partial charge in [-0.25, -0.2) is 0 Å². The highest BCUT2D eigenvalue weighted by atomic mass is 16.6. The number of carbonyl (C=O) groups excluding carboxylic acids is 1. The maximum absolute atomic E-state index is 12.0. The van der Waals surface area contributed by atoms with Gasteiger partial charge in [-0.15, -0.1) is 0 Å². The van der Waals surface area contributed by atoms with E-state index < -0.39 is 4.92 Å². The SMILES string of the molecule is Cc1cc([N+](=O)[O-])ccc1C(=O)NCC1CCCN1. The second kappa shape index (κ2) is 5.79. The van der Waals surface area contributed by atoms with E-state index in [1.165, 1.54) is 18.2 Å². The van der Waals surface area contributed by atoms with Crippen LogP contribution in [-0.4, -0.2) is 30.0 Å². The highest BCUT2D eigenvalue weighted by molar-refractivity contribution is 5.95. The molecular formula is C13H17N3O3. The van der Waals surface area contributed by atoms with E-state index in [0.29, 0.717) is 23.7 Å². The first-order valence-electron chi connectivity index (χ1n) is 6.34. The molecular weight excluding hydrogens is 246 g/mol. The van der Waals surface area contributed by atoms with Crippen molar-refractivity contribution in [2.45, 2.75) is 25.8 Å². The summed E-state index contributed by atoms with van der Waals surface area (Å²) in [5.74, 6) is -0.180. The minimum Gasteiger partial charge on any atom is -0.350 e. The Morgan fingerprint density at radius 2 is 2.37 bits per heavy atom. The molecule has 0 spiro atoms. The molecule has 0 aromatic heterocycles. The predicted octanol–water partition coefficient (Wildman–Crippen LogP) is 1.39. The number of nitro groups is 1. The van der Waals surface area contributed by atoms with Gasteiger partial charge in [-0.3, -0.25) is 14.9 Å². The van der Waals surface area contributed by atoms with Crippen molar-refractivity contribution in [2.75, 3.05) is 13.1 Å². The third kappa shape index (κ3) is 3.29. The van der Waals surface area contributed by atoms with Gasteiger partial charge in [-0.2, -0.15) is 0 Å². The van der Waals surface area contributed by atoms with Crippen LogP contribution in [0.15, 0.2) is 18.2 Å². The normalized spacial score (nSPS) is 18.3. The lowest BCUT2D eigenvalue weighted by atomic mass is 10.1. The lowest BCUT2D eigenvalue weighted by Gasteiger charge is -2.12. The zero-order chi connectivity index (χ0) is 13.8. The Kier molecular flexibility index (Phi) is 4.11. The number of benzene rings is 1. The molecule has 2 rings (SSSR count). The quantitative estimate of drug-likeness (QED) is 0.635. The molecule has 19 heavy (non-hydrogen) atoms. The number of hydrogen-bond acceptors (Lipinski definition) is 4. The van der Waals surface area contributed by atoms with E-state index in [4.69, 9.17) is 0 Å². The van der Waals surface area contributed by atoms with Crippen molar-refractivity contribution in [3.8, 4) is 0 Å². The largest absolute Gasteiger partial charge is 0.350 e. The summed E-state index contributed by atoms with van der Waals surface area (Å²) >= 11 is 0. The summed E-state index contributed by atoms with van der Waals surface area (Å²) < 4.78 is 0. The van der Waals surface area contributed by atoms with Crippen LogP contribution in [0, 0.1) is 17.0 Å². The summed E-state index contributed by atoms with van der Waals surface area (Å²) in [7, 11) is 0. The first-order valence-corrected chi connectivity index (χ1v) is 6.34. The topological polar surface area (TPSA) is 84.3 Å². The van der Waals surface area contributed by atoms with Gasteiger partial charge in [-0.1, -0.05) is 0 Å². The second-order valence-corrected chi connectivity index (χ2v) is 4.76. The summed E-state index contributed by atoms with van der Waals surface area (Å²) in [4.78, 5) is 22.2. The van der Waals surface area contributed by atoms with E-state index in [0.717, 1.165) is 19.4 Å². The van der Waals surface area contributed by atoms with Crippen molar-refractivity contribution < 1.29 is 9.72 Å². The van der Waals surface area contributed by atoms with Gasteiger partial charge in [0.15, 0.2) is 0 Å². The lowest BCUT2D eigenvalue weighted by molar-refractivity contribution is -0.384. The molecule has 0 aliphatic carbocycles. The highest BCUT2D eigenvalue weighted by Gasteiger charge is 2.17. The fraction of sp³-hybridized carbons (Fsp3) is 0.462. The van der Waals surface area contributed by atoms with Crippen molar-refractivity contribution in [3.05, 3.63) is 39.4 Å². The van der Waals surface area contributed by atoms with Gasteiger partial charge in [-0.05, 0) is 37.9 Å². The monoisotopic (exact) mass is 263 g/mol. The Morgan fingerprint density at radius 1 is 1.58 bits per heavy atom. The smallest absolute Gasteiger partial charge is 0.269 e. The summed E-state index contributed by atoms with van der Waals surface area (Å²) in [6.07, 6.45) is 2.20. The number of carbonyl (C=O) groups is 1. The lowest BCUT2D eigenvalue weighted by Crippen LogP contribution is -2.37.